The number of carbonyl (C=O) groups excluding carboxylic acids is 1. The summed E-state index contributed by atoms with van der Waals surface area (Å²) >= 11 is 0. The lowest BCUT2D eigenvalue weighted by Gasteiger charge is -2.19. The summed E-state index contributed by atoms with van der Waals surface area (Å²) < 4.78 is 1.91. The van der Waals surface area contributed by atoms with Gasteiger partial charge in [0.1, 0.15) is 5.69 Å². The van der Waals surface area contributed by atoms with Crippen molar-refractivity contribution in [2.45, 2.75) is 32.7 Å². The third kappa shape index (κ3) is 2.86. The Hall–Kier alpha value is -1.90. The van der Waals surface area contributed by atoms with E-state index in [0.717, 1.165) is 12.8 Å². The first-order valence-electron chi connectivity index (χ1n) is 6.05. The van der Waals surface area contributed by atoms with Gasteiger partial charge in [0.2, 0.25) is 0 Å². The van der Waals surface area contributed by atoms with Crippen LogP contribution >= 0.6 is 0 Å². The molecule has 18 heavy (non-hydrogen) atoms. The van der Waals surface area contributed by atoms with E-state index in [2.05, 4.69) is 50.0 Å². The molecule has 0 unspecified atom stereocenters. The SMILES string of the molecule is CC(C)(C)c1ccc(Cn2cnc(C=O)c2)cc1. The van der Waals surface area contributed by atoms with E-state index in [1.54, 1.807) is 12.5 Å². The van der Waals surface area contributed by atoms with E-state index in [-0.39, 0.29) is 5.41 Å². The highest BCUT2D eigenvalue weighted by atomic mass is 16.1. The molecular weight excluding hydrogens is 224 g/mol. The molecule has 0 saturated heterocycles. The molecule has 1 heterocycles. The summed E-state index contributed by atoms with van der Waals surface area (Å²) in [5.41, 5.74) is 3.18. The topological polar surface area (TPSA) is 34.9 Å². The zero-order valence-electron chi connectivity index (χ0n) is 11.1. The minimum Gasteiger partial charge on any atom is -0.332 e. The van der Waals surface area contributed by atoms with E-state index < -0.39 is 0 Å². The second kappa shape index (κ2) is 4.77. The third-order valence-corrected chi connectivity index (χ3v) is 2.96. The number of aldehydes is 1. The molecule has 3 heteroatoms. The molecule has 0 aliphatic rings. The summed E-state index contributed by atoms with van der Waals surface area (Å²) in [5.74, 6) is 0. The van der Waals surface area contributed by atoms with Crippen LogP contribution in [0.3, 0.4) is 0 Å². The van der Waals surface area contributed by atoms with Crippen LogP contribution in [0.1, 0.15) is 42.4 Å². The van der Waals surface area contributed by atoms with Gasteiger partial charge in [-0.3, -0.25) is 4.79 Å². The number of hydrogen-bond donors (Lipinski definition) is 0. The van der Waals surface area contributed by atoms with Gasteiger partial charge in [-0.1, -0.05) is 45.0 Å². The second-order valence-corrected chi connectivity index (χ2v) is 5.54. The minimum atomic E-state index is 0.179. The van der Waals surface area contributed by atoms with Crippen molar-refractivity contribution in [3.8, 4) is 0 Å². The summed E-state index contributed by atoms with van der Waals surface area (Å²) in [6.45, 7) is 7.35. The van der Waals surface area contributed by atoms with Crippen molar-refractivity contribution in [1.82, 2.24) is 9.55 Å². The van der Waals surface area contributed by atoms with Gasteiger partial charge in [0.25, 0.3) is 0 Å². The highest BCUT2D eigenvalue weighted by Crippen LogP contribution is 2.22. The van der Waals surface area contributed by atoms with Crippen molar-refractivity contribution in [2.24, 2.45) is 0 Å². The van der Waals surface area contributed by atoms with Crippen molar-refractivity contribution in [1.29, 1.82) is 0 Å². The number of nitrogens with zero attached hydrogens (tertiary/aromatic N) is 2. The average molecular weight is 242 g/mol. The summed E-state index contributed by atoms with van der Waals surface area (Å²) in [7, 11) is 0. The molecule has 0 spiro atoms. The maximum absolute atomic E-state index is 10.6. The number of rotatable bonds is 3. The summed E-state index contributed by atoms with van der Waals surface area (Å²) in [4.78, 5) is 14.5. The summed E-state index contributed by atoms with van der Waals surface area (Å²) in [6, 6.07) is 8.57. The Morgan fingerprint density at radius 3 is 2.39 bits per heavy atom. The summed E-state index contributed by atoms with van der Waals surface area (Å²) in [6.07, 6.45) is 4.20. The molecule has 0 amide bonds. The molecule has 0 aliphatic heterocycles. The molecule has 2 rings (SSSR count). The Morgan fingerprint density at radius 2 is 1.89 bits per heavy atom. The van der Waals surface area contributed by atoms with Gasteiger partial charge < -0.3 is 4.57 Å². The number of carbonyl (C=O) groups is 1. The molecule has 0 fully saturated rings. The lowest BCUT2D eigenvalue weighted by Crippen LogP contribution is -2.10. The molecule has 0 saturated carbocycles. The van der Waals surface area contributed by atoms with Gasteiger partial charge >= 0.3 is 0 Å². The van der Waals surface area contributed by atoms with Gasteiger partial charge in [-0.15, -0.1) is 0 Å². The average Bonchev–Trinajstić information content (AvgIpc) is 2.76. The molecule has 1 aromatic heterocycles. The molecule has 0 radical (unpaired) electrons. The fourth-order valence-electron chi connectivity index (χ4n) is 1.85. The number of aromatic nitrogens is 2. The van der Waals surface area contributed by atoms with Gasteiger partial charge in [-0.25, -0.2) is 4.98 Å². The van der Waals surface area contributed by atoms with Gasteiger partial charge in [0.15, 0.2) is 6.29 Å². The lowest BCUT2D eigenvalue weighted by atomic mass is 9.87. The van der Waals surface area contributed by atoms with E-state index in [1.807, 2.05) is 4.57 Å². The maximum atomic E-state index is 10.6. The highest BCUT2D eigenvalue weighted by molar-refractivity contribution is 5.70. The Kier molecular flexibility index (Phi) is 3.32. The van der Waals surface area contributed by atoms with Crippen LogP contribution < -0.4 is 0 Å². The predicted octanol–water partition coefficient (Wildman–Crippen LogP) is 3.04. The van der Waals surface area contributed by atoms with Gasteiger partial charge in [0, 0.05) is 12.7 Å². The van der Waals surface area contributed by atoms with Crippen molar-refractivity contribution >= 4 is 6.29 Å². The Labute approximate surface area is 107 Å². The molecule has 1 aromatic carbocycles. The fraction of sp³-hybridized carbons (Fsp3) is 0.333. The van der Waals surface area contributed by atoms with Crippen molar-refractivity contribution in [3.05, 3.63) is 53.6 Å². The number of benzene rings is 1. The molecule has 0 bridgehead atoms. The first-order valence-corrected chi connectivity index (χ1v) is 6.05. The Morgan fingerprint density at radius 1 is 1.22 bits per heavy atom. The monoisotopic (exact) mass is 242 g/mol. The van der Waals surface area contributed by atoms with Gasteiger partial charge in [-0.05, 0) is 16.5 Å². The maximum Gasteiger partial charge on any atom is 0.169 e. The standard InChI is InChI=1S/C15H18N2O/c1-15(2,3)13-6-4-12(5-7-13)8-17-9-14(10-18)16-11-17/h4-7,9-11H,8H2,1-3H3. The van der Waals surface area contributed by atoms with Crippen LogP contribution in [0, 0.1) is 0 Å². The molecule has 94 valence electrons. The predicted molar refractivity (Wildman–Crippen MR) is 71.9 cm³/mol. The number of imidazole rings is 1. The minimum absolute atomic E-state index is 0.179. The van der Waals surface area contributed by atoms with Crippen LogP contribution in [0.5, 0.6) is 0 Å². The second-order valence-electron chi connectivity index (χ2n) is 5.54. The van der Waals surface area contributed by atoms with E-state index in [0.29, 0.717) is 5.69 Å². The molecular formula is C15H18N2O. The molecule has 0 atom stereocenters. The summed E-state index contributed by atoms with van der Waals surface area (Å²) in [5, 5.41) is 0. The van der Waals surface area contributed by atoms with Crippen LogP contribution in [0.15, 0.2) is 36.8 Å². The third-order valence-electron chi connectivity index (χ3n) is 2.96. The fourth-order valence-corrected chi connectivity index (χ4v) is 1.85. The van der Waals surface area contributed by atoms with E-state index in [4.69, 9.17) is 0 Å². The van der Waals surface area contributed by atoms with Crippen LogP contribution in [-0.4, -0.2) is 15.8 Å². The van der Waals surface area contributed by atoms with E-state index in [9.17, 15) is 4.79 Å². The van der Waals surface area contributed by atoms with Crippen molar-refractivity contribution < 1.29 is 4.79 Å². The van der Waals surface area contributed by atoms with E-state index in [1.165, 1.54) is 11.1 Å². The van der Waals surface area contributed by atoms with Gasteiger partial charge in [0.05, 0.1) is 6.33 Å². The Balaban J connectivity index is 2.13. The smallest absolute Gasteiger partial charge is 0.169 e. The van der Waals surface area contributed by atoms with Crippen molar-refractivity contribution in [2.75, 3.05) is 0 Å². The van der Waals surface area contributed by atoms with Crippen LogP contribution in [0.4, 0.5) is 0 Å². The van der Waals surface area contributed by atoms with Crippen LogP contribution in [-0.2, 0) is 12.0 Å². The first-order chi connectivity index (χ1) is 8.49. The Bertz CT molecular complexity index is 532. The zero-order chi connectivity index (χ0) is 13.2. The molecule has 0 aliphatic carbocycles. The molecule has 3 nitrogen and oxygen atoms in total. The molecule has 2 aromatic rings. The van der Waals surface area contributed by atoms with Gasteiger partial charge in [-0.2, -0.15) is 0 Å². The van der Waals surface area contributed by atoms with Crippen LogP contribution in [0.25, 0.3) is 0 Å². The molecule has 0 N–H and O–H groups in total. The van der Waals surface area contributed by atoms with E-state index >= 15 is 0 Å². The van der Waals surface area contributed by atoms with Crippen LogP contribution in [0.2, 0.25) is 0 Å². The largest absolute Gasteiger partial charge is 0.332 e. The van der Waals surface area contributed by atoms with Crippen molar-refractivity contribution in [3.63, 3.8) is 0 Å². The lowest BCUT2D eigenvalue weighted by molar-refractivity contribution is 0.111. The zero-order valence-corrected chi connectivity index (χ0v) is 11.1. The number of hydrogen-bond acceptors (Lipinski definition) is 2. The first kappa shape index (κ1) is 12.6. The highest BCUT2D eigenvalue weighted by Gasteiger charge is 2.12. The quantitative estimate of drug-likeness (QED) is 0.775. The normalized spacial score (nSPS) is 11.5.